The molecule has 0 fully saturated rings. The molecule has 0 aliphatic carbocycles. The molecule has 1 aliphatic heterocycles. The predicted octanol–water partition coefficient (Wildman–Crippen LogP) is 11.1. The second-order valence-corrected chi connectivity index (χ2v) is 14.3. The van der Waals surface area contributed by atoms with Crippen molar-refractivity contribution in [3.05, 3.63) is 158 Å². The van der Waals surface area contributed by atoms with E-state index in [4.69, 9.17) is 73.3 Å². The molecule has 61 heavy (non-hydrogen) atoms. The van der Waals surface area contributed by atoms with Gasteiger partial charge in [0.25, 0.3) is 5.60 Å². The van der Waals surface area contributed by atoms with Crippen LogP contribution in [0.4, 0.5) is 26.3 Å². The predicted molar refractivity (Wildman–Crippen MR) is 214 cm³/mol. The average molecular weight is 941 g/mol. The maximum Gasteiger partial charge on any atom is 0.435 e. The quantitative estimate of drug-likeness (QED) is 0.0746. The van der Waals surface area contributed by atoms with Crippen molar-refractivity contribution in [1.82, 2.24) is 29.5 Å². The van der Waals surface area contributed by atoms with E-state index in [0.717, 1.165) is 12.1 Å². The van der Waals surface area contributed by atoms with Gasteiger partial charge in [0, 0.05) is 43.2 Å². The summed E-state index contributed by atoms with van der Waals surface area (Å²) >= 11 is 28.6. The number of hydrogen-bond donors (Lipinski definition) is 1. The van der Waals surface area contributed by atoms with Crippen molar-refractivity contribution in [3.63, 3.8) is 0 Å². The van der Waals surface area contributed by atoms with Gasteiger partial charge in [-0.1, -0.05) is 81.0 Å². The molecule has 0 bridgehead atoms. The van der Waals surface area contributed by atoms with Gasteiger partial charge < -0.3 is 10.0 Å². The molecule has 1 N–H and O–H groups in total. The number of benzene rings is 4. The van der Waals surface area contributed by atoms with E-state index in [2.05, 4.69) is 37.1 Å². The van der Waals surface area contributed by atoms with Gasteiger partial charge in [-0.3, -0.25) is 0 Å². The lowest BCUT2D eigenvalue weighted by Crippen LogP contribution is -2.42. The summed E-state index contributed by atoms with van der Waals surface area (Å²) in [5.41, 5.74) is -1.71. The molecule has 312 valence electrons. The van der Waals surface area contributed by atoms with Crippen molar-refractivity contribution in [3.8, 4) is 23.5 Å². The molecule has 0 saturated heterocycles. The smallest absolute Gasteiger partial charge is 0.410 e. The van der Waals surface area contributed by atoms with E-state index < -0.39 is 29.9 Å². The van der Waals surface area contributed by atoms with Crippen LogP contribution in [0.5, 0.6) is 0 Å². The molecule has 23 heteroatoms. The Bertz CT molecular complexity index is 2670. The Morgan fingerprint density at radius 1 is 0.754 bits per heavy atom. The molecule has 4 aromatic carbocycles. The fourth-order valence-electron chi connectivity index (χ4n) is 5.42. The summed E-state index contributed by atoms with van der Waals surface area (Å²) in [6, 6.07) is 20.6. The van der Waals surface area contributed by atoms with Gasteiger partial charge in [-0.15, -0.1) is 0 Å². The van der Waals surface area contributed by atoms with E-state index in [0.29, 0.717) is 28.1 Å². The Morgan fingerprint density at radius 3 is 1.72 bits per heavy atom. The van der Waals surface area contributed by atoms with E-state index in [1.807, 2.05) is 12.1 Å². The van der Waals surface area contributed by atoms with E-state index in [-0.39, 0.29) is 47.7 Å². The number of oxime groups is 2. The van der Waals surface area contributed by atoms with Crippen LogP contribution in [-0.2, 0) is 10.4 Å². The zero-order valence-electron chi connectivity index (χ0n) is 30.1. The van der Waals surface area contributed by atoms with Crippen molar-refractivity contribution in [1.29, 1.82) is 10.5 Å². The third-order valence-electron chi connectivity index (χ3n) is 8.29. The number of allylic oxidation sites excluding steroid dienone is 1. The van der Waals surface area contributed by atoms with Gasteiger partial charge >= 0.3 is 12.4 Å². The van der Waals surface area contributed by atoms with Gasteiger partial charge in [-0.2, -0.15) is 47.1 Å². The molecular weight excluding hydrogens is 920 g/mol. The summed E-state index contributed by atoms with van der Waals surface area (Å²) in [5.74, 6) is 0. The zero-order chi connectivity index (χ0) is 44.7. The first kappa shape index (κ1) is 45.9. The van der Waals surface area contributed by atoms with Crippen LogP contribution in [0.2, 0.25) is 20.1 Å². The molecule has 1 aliphatic rings. The molecule has 7 rings (SSSR count). The number of nitrogens with zero attached hydrogens (tertiary/aromatic N) is 10. The fourth-order valence-corrected chi connectivity index (χ4v) is 6.59. The highest BCUT2D eigenvalue weighted by Crippen LogP contribution is 2.50. The minimum absolute atomic E-state index is 0.0325. The lowest BCUT2D eigenvalue weighted by atomic mass is 9.86. The normalized spacial score (nSPS) is 14.9. The summed E-state index contributed by atoms with van der Waals surface area (Å²) < 4.78 is 81.8. The van der Waals surface area contributed by atoms with Crippen molar-refractivity contribution in [2.24, 2.45) is 10.3 Å². The third kappa shape index (κ3) is 10.8. The summed E-state index contributed by atoms with van der Waals surface area (Å²) in [6.45, 7) is 2.94. The van der Waals surface area contributed by atoms with Gasteiger partial charge in [0.15, 0.2) is 5.17 Å². The van der Waals surface area contributed by atoms with E-state index >= 15 is 0 Å². The minimum Gasteiger partial charge on any atom is -0.410 e. The monoisotopic (exact) mass is 938 g/mol. The van der Waals surface area contributed by atoms with Gasteiger partial charge in [0.1, 0.15) is 37.4 Å². The number of aromatic nitrogens is 6. The Labute approximate surface area is 365 Å². The first-order chi connectivity index (χ1) is 28.8. The number of alkyl halides is 6. The van der Waals surface area contributed by atoms with Crippen molar-refractivity contribution in [2.45, 2.75) is 24.4 Å². The maximum absolute atomic E-state index is 14.1. The summed E-state index contributed by atoms with van der Waals surface area (Å²) in [6.07, 6.45) is -4.31. The lowest BCUT2D eigenvalue weighted by Gasteiger charge is -2.29. The first-order valence-electron chi connectivity index (χ1n) is 16.5. The van der Waals surface area contributed by atoms with Crippen molar-refractivity contribution in [2.75, 3.05) is 0 Å². The highest BCUT2D eigenvalue weighted by atomic mass is 35.5. The molecule has 0 amide bonds. The van der Waals surface area contributed by atoms with Crippen LogP contribution in [0.25, 0.3) is 16.9 Å². The van der Waals surface area contributed by atoms with Crippen molar-refractivity contribution < 1.29 is 36.4 Å². The number of rotatable bonds is 6. The molecule has 6 aromatic rings. The second-order valence-electron chi connectivity index (χ2n) is 12.2. The maximum atomic E-state index is 14.1. The first-order valence-corrected chi connectivity index (χ1v) is 18.4. The SMILES string of the molecule is C=C(c1cc(Cl)cc(Cl)c1)C(F)(F)F.N#Cc1cc(C(Cl)=NO)ccc1-n1cncn1.N#Cc1cc(C2=NOC(c3cc(Cl)cc(Cl)c3)(C(F)(F)F)C2)ccc1-n1cncn1. The Hall–Kier alpha value is -6.15. The largest absolute Gasteiger partial charge is 0.435 e. The standard InChI is InChI=1S/C19H10Cl2F3N5O.C10H6ClN5O.C9H5Cl2F3/c20-14-4-13(5-15(21)6-14)18(19(22,23)24)7-16(28-30-18)11-1-2-17(12(3-11)8-25)29-10-26-9-27-29;11-10(15-17)7-1-2-9(8(3-7)4-12)16-6-13-5-14-16;1-5(9(12,13)14)6-2-7(10)4-8(11)3-6/h1-6,9-10H,7H2;1-3,5-6,17H;2-4H,1H2. The Balaban J connectivity index is 0.000000192. The van der Waals surface area contributed by atoms with Crippen LogP contribution in [-0.4, -0.2) is 58.0 Å². The van der Waals surface area contributed by atoms with Gasteiger partial charge in [0.05, 0.1) is 33.8 Å². The summed E-state index contributed by atoms with van der Waals surface area (Å²) in [5, 5.41) is 41.8. The minimum atomic E-state index is -4.80. The number of nitriles is 2. The molecule has 0 radical (unpaired) electrons. The Kier molecular flexibility index (Phi) is 14.3. The molecule has 2 aromatic heterocycles. The van der Waals surface area contributed by atoms with Crippen LogP contribution in [0.1, 0.15) is 39.8 Å². The molecule has 1 unspecified atom stereocenters. The highest BCUT2D eigenvalue weighted by molar-refractivity contribution is 6.69. The highest BCUT2D eigenvalue weighted by Gasteiger charge is 2.62. The molecule has 0 saturated carbocycles. The van der Waals surface area contributed by atoms with Crippen LogP contribution in [0, 0.1) is 22.7 Å². The van der Waals surface area contributed by atoms with Gasteiger partial charge in [-0.25, -0.2) is 19.3 Å². The molecule has 3 heterocycles. The van der Waals surface area contributed by atoms with Crippen LogP contribution < -0.4 is 0 Å². The van der Waals surface area contributed by atoms with E-state index in [9.17, 15) is 31.6 Å². The van der Waals surface area contributed by atoms with Gasteiger partial charge in [-0.05, 0) is 72.3 Å². The number of hydrogen-bond acceptors (Lipinski definition) is 10. The van der Waals surface area contributed by atoms with Crippen LogP contribution in [0.15, 0.2) is 115 Å². The summed E-state index contributed by atoms with van der Waals surface area (Å²) in [4.78, 5) is 12.6. The lowest BCUT2D eigenvalue weighted by molar-refractivity contribution is -0.275. The van der Waals surface area contributed by atoms with Gasteiger partial charge in [0.2, 0.25) is 0 Å². The molecule has 0 spiro atoms. The second kappa shape index (κ2) is 19.1. The molecular formula is C38H21Cl5F6N10O2. The third-order valence-corrected chi connectivity index (χ3v) is 9.46. The zero-order valence-corrected chi connectivity index (χ0v) is 33.9. The van der Waals surface area contributed by atoms with Crippen molar-refractivity contribution >= 4 is 74.5 Å². The topological polar surface area (TPSA) is 163 Å². The molecule has 1 atom stereocenters. The van der Waals surface area contributed by atoms with Crippen LogP contribution >= 0.6 is 58.0 Å². The Morgan fingerprint density at radius 2 is 1.26 bits per heavy atom. The summed E-state index contributed by atoms with van der Waals surface area (Å²) in [7, 11) is 0. The van der Waals surface area contributed by atoms with Crippen LogP contribution in [0.3, 0.4) is 0 Å². The average Bonchev–Trinajstić information content (AvgIpc) is 4.03. The van der Waals surface area contributed by atoms with E-state index in [1.54, 1.807) is 18.2 Å². The molecule has 12 nitrogen and oxygen atoms in total. The number of halogens is 11. The fraction of sp³-hybridized carbons (Fsp3) is 0.105. The van der Waals surface area contributed by atoms with E-state index in [1.165, 1.54) is 77.1 Å².